The predicted octanol–water partition coefficient (Wildman–Crippen LogP) is 3.72. The van der Waals surface area contributed by atoms with E-state index in [9.17, 15) is 4.39 Å². The molecule has 18 heavy (non-hydrogen) atoms. The first-order chi connectivity index (χ1) is 8.54. The fourth-order valence-electron chi connectivity index (χ4n) is 1.71. The molecule has 0 spiro atoms. The number of halogens is 2. The maximum atomic E-state index is 13.8. The van der Waals surface area contributed by atoms with Crippen molar-refractivity contribution in [3.8, 4) is 5.75 Å². The Hall–Kier alpha value is -0.800. The number of rotatable bonds is 7. The molecule has 1 rings (SSSR count). The molecule has 1 atom stereocenters. The van der Waals surface area contributed by atoms with Crippen LogP contribution < -0.4 is 10.1 Å². The van der Waals surface area contributed by atoms with Crippen LogP contribution in [-0.4, -0.2) is 18.5 Å². The zero-order valence-electron chi connectivity index (χ0n) is 11.2. The van der Waals surface area contributed by atoms with Crippen molar-refractivity contribution in [1.82, 2.24) is 5.32 Å². The van der Waals surface area contributed by atoms with Crippen molar-refractivity contribution < 1.29 is 9.13 Å². The Morgan fingerprint density at radius 1 is 1.44 bits per heavy atom. The van der Waals surface area contributed by atoms with Crippen LogP contribution in [0.4, 0.5) is 4.39 Å². The molecule has 102 valence electrons. The maximum Gasteiger partial charge on any atom is 0.131 e. The van der Waals surface area contributed by atoms with Crippen LogP contribution in [0.2, 0.25) is 0 Å². The molecule has 1 aromatic rings. The van der Waals surface area contributed by atoms with Crippen LogP contribution in [0.3, 0.4) is 0 Å². The zero-order chi connectivity index (χ0) is 13.6. The summed E-state index contributed by atoms with van der Waals surface area (Å²) in [5.41, 5.74) is 0.596. The molecule has 2 nitrogen and oxygen atoms in total. The summed E-state index contributed by atoms with van der Waals surface area (Å²) in [6.07, 6.45) is 1.82. The molecule has 0 amide bonds. The molecule has 1 unspecified atom stereocenters. The van der Waals surface area contributed by atoms with Crippen LogP contribution in [0.5, 0.6) is 5.75 Å². The number of alkyl halides is 1. The van der Waals surface area contributed by atoms with E-state index in [1.165, 1.54) is 13.2 Å². The first kappa shape index (κ1) is 15.3. The zero-order valence-corrected chi connectivity index (χ0v) is 12.0. The molecule has 0 fully saturated rings. The van der Waals surface area contributed by atoms with E-state index in [2.05, 4.69) is 19.2 Å². The third kappa shape index (κ3) is 4.14. The normalized spacial score (nSPS) is 14.3. The summed E-state index contributed by atoms with van der Waals surface area (Å²) in [5, 5.41) is 3.38. The third-order valence-electron chi connectivity index (χ3n) is 3.39. The van der Waals surface area contributed by atoms with Crippen LogP contribution >= 0.6 is 11.6 Å². The van der Waals surface area contributed by atoms with Gasteiger partial charge in [0.15, 0.2) is 0 Å². The van der Waals surface area contributed by atoms with Crippen molar-refractivity contribution in [2.24, 2.45) is 0 Å². The molecule has 0 aliphatic carbocycles. The highest BCUT2D eigenvalue weighted by molar-refractivity contribution is 6.17. The van der Waals surface area contributed by atoms with Gasteiger partial charge in [0.25, 0.3) is 0 Å². The van der Waals surface area contributed by atoms with E-state index in [4.69, 9.17) is 16.3 Å². The van der Waals surface area contributed by atoms with Gasteiger partial charge in [-0.25, -0.2) is 4.39 Å². The lowest BCUT2D eigenvalue weighted by Crippen LogP contribution is -2.41. The van der Waals surface area contributed by atoms with Gasteiger partial charge < -0.3 is 10.1 Å². The molecule has 0 bridgehead atoms. The minimum absolute atomic E-state index is 0.0475. The second-order valence-electron chi connectivity index (χ2n) is 4.66. The Bertz CT molecular complexity index is 386. The topological polar surface area (TPSA) is 21.3 Å². The molecule has 0 aliphatic rings. The minimum Gasteiger partial charge on any atom is -0.497 e. The minimum atomic E-state index is -0.244. The van der Waals surface area contributed by atoms with Gasteiger partial charge in [-0.05, 0) is 25.8 Å². The average Bonchev–Trinajstić information content (AvgIpc) is 2.37. The van der Waals surface area contributed by atoms with Crippen molar-refractivity contribution in [2.45, 2.75) is 38.8 Å². The van der Waals surface area contributed by atoms with Gasteiger partial charge in [-0.1, -0.05) is 13.0 Å². The Morgan fingerprint density at radius 3 is 2.67 bits per heavy atom. The number of hydrogen-bond donors (Lipinski definition) is 1. The lowest BCUT2D eigenvalue weighted by molar-refractivity contribution is 0.328. The Kier molecular flexibility index (Phi) is 5.89. The van der Waals surface area contributed by atoms with Crippen molar-refractivity contribution in [2.75, 3.05) is 13.0 Å². The quantitative estimate of drug-likeness (QED) is 0.765. The molecule has 0 aliphatic heterocycles. The summed E-state index contributed by atoms with van der Waals surface area (Å²) in [7, 11) is 1.53. The van der Waals surface area contributed by atoms with Gasteiger partial charge >= 0.3 is 0 Å². The number of nitrogens with one attached hydrogen (secondary N) is 1. The van der Waals surface area contributed by atoms with Crippen molar-refractivity contribution in [3.05, 3.63) is 29.6 Å². The van der Waals surface area contributed by atoms with Gasteiger partial charge in [0.05, 0.1) is 7.11 Å². The van der Waals surface area contributed by atoms with Crippen LogP contribution in [0.1, 0.15) is 32.3 Å². The highest BCUT2D eigenvalue weighted by Gasteiger charge is 2.20. The molecule has 0 saturated heterocycles. The molecule has 1 N–H and O–H groups in total. The fraction of sp³-hybridized carbons (Fsp3) is 0.571. The fourth-order valence-corrected chi connectivity index (χ4v) is 2.12. The molecular weight excluding hydrogens is 253 g/mol. The van der Waals surface area contributed by atoms with E-state index in [0.29, 0.717) is 23.7 Å². The van der Waals surface area contributed by atoms with E-state index >= 15 is 0 Å². The van der Waals surface area contributed by atoms with Gasteiger partial charge in [0.1, 0.15) is 11.6 Å². The Balaban J connectivity index is 2.68. The Labute approximate surface area is 113 Å². The van der Waals surface area contributed by atoms with Crippen molar-refractivity contribution in [1.29, 1.82) is 0 Å². The Morgan fingerprint density at radius 2 is 2.17 bits per heavy atom. The molecular formula is C14H21ClFNO. The molecule has 0 aromatic heterocycles. The molecule has 0 heterocycles. The summed E-state index contributed by atoms with van der Waals surface area (Å²) in [6.45, 7) is 4.71. The van der Waals surface area contributed by atoms with E-state index in [-0.39, 0.29) is 11.4 Å². The number of benzene rings is 1. The second-order valence-corrected chi connectivity index (χ2v) is 5.04. The van der Waals surface area contributed by atoms with Gasteiger partial charge in [0.2, 0.25) is 0 Å². The SMILES string of the molecule is CCC(C)(CCCl)NCc1ccc(OC)cc1F. The van der Waals surface area contributed by atoms with Crippen LogP contribution in [0.15, 0.2) is 18.2 Å². The standard InChI is InChI=1S/C14H21ClFNO/c1-4-14(2,7-8-15)17-10-11-5-6-12(18-3)9-13(11)16/h5-6,9,17H,4,7-8,10H2,1-3H3. The van der Waals surface area contributed by atoms with Gasteiger partial charge in [0, 0.05) is 29.6 Å². The van der Waals surface area contributed by atoms with E-state index < -0.39 is 0 Å². The highest BCUT2D eigenvalue weighted by Crippen LogP contribution is 2.19. The molecule has 1 aromatic carbocycles. The van der Waals surface area contributed by atoms with Crippen LogP contribution in [0.25, 0.3) is 0 Å². The van der Waals surface area contributed by atoms with E-state index in [1.54, 1.807) is 12.1 Å². The number of hydrogen-bond acceptors (Lipinski definition) is 2. The summed E-state index contributed by atoms with van der Waals surface area (Å²) >= 11 is 5.79. The average molecular weight is 274 g/mol. The van der Waals surface area contributed by atoms with Gasteiger partial charge in [-0.3, -0.25) is 0 Å². The second kappa shape index (κ2) is 6.95. The van der Waals surface area contributed by atoms with Gasteiger partial charge in [-0.15, -0.1) is 11.6 Å². The molecule has 0 radical (unpaired) electrons. The summed E-state index contributed by atoms with van der Waals surface area (Å²) in [4.78, 5) is 0. The smallest absolute Gasteiger partial charge is 0.131 e. The van der Waals surface area contributed by atoms with E-state index in [0.717, 1.165) is 12.8 Å². The van der Waals surface area contributed by atoms with E-state index in [1.807, 2.05) is 0 Å². The van der Waals surface area contributed by atoms with Crippen LogP contribution in [-0.2, 0) is 6.54 Å². The van der Waals surface area contributed by atoms with Crippen molar-refractivity contribution >= 4 is 11.6 Å². The largest absolute Gasteiger partial charge is 0.497 e. The number of ether oxygens (including phenoxy) is 1. The first-order valence-electron chi connectivity index (χ1n) is 6.18. The predicted molar refractivity (Wildman–Crippen MR) is 73.8 cm³/mol. The lowest BCUT2D eigenvalue weighted by atomic mass is 9.95. The first-order valence-corrected chi connectivity index (χ1v) is 6.71. The molecule has 4 heteroatoms. The summed E-state index contributed by atoms with van der Waals surface area (Å²) in [6, 6.07) is 4.92. The van der Waals surface area contributed by atoms with Crippen molar-refractivity contribution in [3.63, 3.8) is 0 Å². The summed E-state index contributed by atoms with van der Waals surface area (Å²) < 4.78 is 18.7. The maximum absolute atomic E-state index is 13.8. The van der Waals surface area contributed by atoms with Gasteiger partial charge in [-0.2, -0.15) is 0 Å². The monoisotopic (exact) mass is 273 g/mol. The number of methoxy groups -OCH3 is 1. The highest BCUT2D eigenvalue weighted by atomic mass is 35.5. The lowest BCUT2D eigenvalue weighted by Gasteiger charge is -2.29. The summed E-state index contributed by atoms with van der Waals surface area (Å²) in [5.74, 6) is 0.893. The third-order valence-corrected chi connectivity index (χ3v) is 3.58. The molecule has 0 saturated carbocycles. The van der Waals surface area contributed by atoms with Crippen LogP contribution in [0, 0.1) is 5.82 Å².